The van der Waals surface area contributed by atoms with E-state index in [0.717, 1.165) is 9.87 Å². The third-order valence-electron chi connectivity index (χ3n) is 7.21. The number of amides is 2. The second-order valence-corrected chi connectivity index (χ2v) is 14.6. The van der Waals surface area contributed by atoms with E-state index in [2.05, 4.69) is 5.32 Å². The van der Waals surface area contributed by atoms with E-state index < -0.39 is 40.0 Å². The van der Waals surface area contributed by atoms with E-state index in [1.54, 1.807) is 60.7 Å². The zero-order valence-corrected chi connectivity index (χ0v) is 29.1. The molecule has 4 rings (SSSR count). The van der Waals surface area contributed by atoms with Crippen LogP contribution in [0.1, 0.15) is 38.8 Å². The molecule has 0 aromatic heterocycles. The van der Waals surface area contributed by atoms with Gasteiger partial charge in [-0.05, 0) is 81.8 Å². The molecule has 0 aliphatic carbocycles. The molecule has 0 radical (unpaired) electrons. The first-order valence-electron chi connectivity index (χ1n) is 15.2. The highest BCUT2D eigenvalue weighted by Crippen LogP contribution is 2.29. The highest BCUT2D eigenvalue weighted by atomic mass is 35.5. The number of nitrogens with zero attached hydrogens (tertiary/aromatic N) is 2. The van der Waals surface area contributed by atoms with Crippen LogP contribution in [0.2, 0.25) is 10.0 Å². The molecule has 2 amide bonds. The van der Waals surface area contributed by atoms with Crippen molar-refractivity contribution in [1.82, 2.24) is 10.2 Å². The summed E-state index contributed by atoms with van der Waals surface area (Å²) < 4.78 is 34.9. The molecule has 1 N–H and O–H groups in total. The molecule has 47 heavy (non-hydrogen) atoms. The van der Waals surface area contributed by atoms with Gasteiger partial charge in [-0.25, -0.2) is 8.42 Å². The van der Waals surface area contributed by atoms with E-state index >= 15 is 0 Å². The number of anilines is 1. The first-order chi connectivity index (χ1) is 22.3. The maximum Gasteiger partial charge on any atom is 0.264 e. The number of rotatable bonds is 13. The lowest BCUT2D eigenvalue weighted by atomic mass is 10.0. The van der Waals surface area contributed by atoms with Gasteiger partial charge in [0.1, 0.15) is 18.3 Å². The van der Waals surface area contributed by atoms with Crippen LogP contribution in [0.5, 0.6) is 5.75 Å². The number of carbonyl (C=O) groups excluding carboxylic acids is 2. The molecule has 1 atom stereocenters. The predicted octanol–water partition coefficient (Wildman–Crippen LogP) is 7.14. The summed E-state index contributed by atoms with van der Waals surface area (Å²) in [5.41, 5.74) is 0.915. The molecule has 0 bridgehead atoms. The largest absolute Gasteiger partial charge is 0.494 e. The number of sulfonamides is 1. The van der Waals surface area contributed by atoms with Crippen LogP contribution in [0.3, 0.4) is 0 Å². The van der Waals surface area contributed by atoms with E-state index in [1.165, 1.54) is 17.0 Å². The average molecular weight is 697 g/mol. The van der Waals surface area contributed by atoms with Gasteiger partial charge in [-0.1, -0.05) is 77.8 Å². The summed E-state index contributed by atoms with van der Waals surface area (Å²) in [5.74, 6) is -0.506. The average Bonchev–Trinajstić information content (AvgIpc) is 3.03. The van der Waals surface area contributed by atoms with Crippen molar-refractivity contribution >= 4 is 50.7 Å². The van der Waals surface area contributed by atoms with Crippen LogP contribution in [0, 0.1) is 0 Å². The number of hydrogen-bond acceptors (Lipinski definition) is 5. The minimum absolute atomic E-state index is 0.0235. The minimum atomic E-state index is -4.26. The molecule has 0 spiro atoms. The van der Waals surface area contributed by atoms with Crippen molar-refractivity contribution in [2.24, 2.45) is 0 Å². The van der Waals surface area contributed by atoms with Crippen LogP contribution in [0.15, 0.2) is 108 Å². The van der Waals surface area contributed by atoms with Crippen molar-refractivity contribution in [3.8, 4) is 5.75 Å². The molecule has 0 saturated carbocycles. The molecule has 4 aromatic rings. The Labute approximate surface area is 287 Å². The first-order valence-corrected chi connectivity index (χ1v) is 17.4. The molecule has 0 aliphatic heterocycles. The second kappa shape index (κ2) is 15.7. The van der Waals surface area contributed by atoms with Crippen LogP contribution in [-0.2, 0) is 32.6 Å². The Morgan fingerprint density at radius 2 is 1.40 bits per heavy atom. The van der Waals surface area contributed by atoms with Crippen molar-refractivity contribution in [2.45, 2.75) is 57.1 Å². The SMILES string of the molecule is CCOc1ccc(S(=O)(=O)N(CC(=O)N(Cc2c(Cl)cccc2Cl)C(Cc2ccccc2)C(=O)NC(C)(C)C)c2ccccc2)cc1. The maximum absolute atomic E-state index is 14.6. The summed E-state index contributed by atoms with van der Waals surface area (Å²) in [6.45, 7) is 7.07. The Kier molecular flexibility index (Phi) is 12.0. The molecular formula is C36H39Cl2N3O5S. The minimum Gasteiger partial charge on any atom is -0.494 e. The van der Waals surface area contributed by atoms with Gasteiger partial charge >= 0.3 is 0 Å². The van der Waals surface area contributed by atoms with Crippen LogP contribution in [-0.4, -0.2) is 49.9 Å². The number of nitrogens with one attached hydrogen (secondary N) is 1. The van der Waals surface area contributed by atoms with E-state index in [1.807, 2.05) is 58.0 Å². The quantitative estimate of drug-likeness (QED) is 0.160. The van der Waals surface area contributed by atoms with Crippen molar-refractivity contribution in [3.05, 3.63) is 124 Å². The number of benzene rings is 4. The fourth-order valence-corrected chi connectivity index (χ4v) is 6.92. The Morgan fingerprint density at radius 1 is 0.830 bits per heavy atom. The highest BCUT2D eigenvalue weighted by Gasteiger charge is 2.36. The van der Waals surface area contributed by atoms with Crippen LogP contribution < -0.4 is 14.4 Å². The van der Waals surface area contributed by atoms with Crippen LogP contribution >= 0.6 is 23.2 Å². The Balaban J connectivity index is 1.82. The molecule has 4 aromatic carbocycles. The Bertz CT molecular complexity index is 1740. The molecule has 0 fully saturated rings. The van der Waals surface area contributed by atoms with Gasteiger partial charge in [0, 0.05) is 34.1 Å². The molecule has 0 heterocycles. The molecule has 0 saturated heterocycles. The lowest BCUT2D eigenvalue weighted by molar-refractivity contribution is -0.140. The first kappa shape index (κ1) is 35.8. The van der Waals surface area contributed by atoms with E-state index in [0.29, 0.717) is 28.0 Å². The summed E-state index contributed by atoms with van der Waals surface area (Å²) in [6.07, 6.45) is 0.160. The summed E-state index contributed by atoms with van der Waals surface area (Å²) in [6, 6.07) is 27.7. The molecule has 0 aliphatic rings. The molecule has 8 nitrogen and oxygen atoms in total. The summed E-state index contributed by atoms with van der Waals surface area (Å²) >= 11 is 13.2. The standard InChI is InChI=1S/C36H39Cl2N3O5S/c1-5-46-28-19-21-29(22-20-28)47(44,45)41(27-15-10-7-11-16-27)25-34(42)40(24-30-31(37)17-12-18-32(30)38)33(35(43)39-36(2,3)4)23-26-13-8-6-9-14-26/h6-22,33H,5,23-25H2,1-4H3,(H,39,43). The lowest BCUT2D eigenvalue weighted by Crippen LogP contribution is -2.56. The smallest absolute Gasteiger partial charge is 0.264 e. The summed E-state index contributed by atoms with van der Waals surface area (Å²) in [5, 5.41) is 3.63. The number of halogens is 2. The van der Waals surface area contributed by atoms with Crippen molar-refractivity contribution < 1.29 is 22.7 Å². The van der Waals surface area contributed by atoms with E-state index in [9.17, 15) is 18.0 Å². The normalized spacial score (nSPS) is 12.2. The highest BCUT2D eigenvalue weighted by molar-refractivity contribution is 7.92. The zero-order valence-electron chi connectivity index (χ0n) is 26.8. The fraction of sp³-hybridized carbons (Fsp3) is 0.278. The molecular weight excluding hydrogens is 657 g/mol. The van der Waals surface area contributed by atoms with Crippen LogP contribution in [0.25, 0.3) is 0 Å². The fourth-order valence-electron chi connectivity index (χ4n) is 4.99. The lowest BCUT2D eigenvalue weighted by Gasteiger charge is -2.35. The van der Waals surface area contributed by atoms with Crippen molar-refractivity contribution in [3.63, 3.8) is 0 Å². The number of carbonyl (C=O) groups is 2. The number of hydrogen-bond donors (Lipinski definition) is 1. The summed E-state index contributed by atoms with van der Waals surface area (Å²) in [7, 11) is -4.26. The van der Waals surface area contributed by atoms with Gasteiger partial charge in [0.2, 0.25) is 11.8 Å². The maximum atomic E-state index is 14.6. The monoisotopic (exact) mass is 695 g/mol. The van der Waals surface area contributed by atoms with Crippen LogP contribution in [0.4, 0.5) is 5.69 Å². The van der Waals surface area contributed by atoms with Gasteiger partial charge in [-0.2, -0.15) is 0 Å². The van der Waals surface area contributed by atoms with Gasteiger partial charge in [0.15, 0.2) is 0 Å². The van der Waals surface area contributed by atoms with Gasteiger partial charge in [0.25, 0.3) is 10.0 Å². The second-order valence-electron chi connectivity index (χ2n) is 11.9. The van der Waals surface area contributed by atoms with E-state index in [4.69, 9.17) is 27.9 Å². The van der Waals surface area contributed by atoms with Crippen molar-refractivity contribution in [2.75, 3.05) is 17.5 Å². The van der Waals surface area contributed by atoms with Gasteiger partial charge < -0.3 is 15.0 Å². The van der Waals surface area contributed by atoms with E-state index in [-0.39, 0.29) is 23.5 Å². The zero-order chi connectivity index (χ0) is 34.2. The predicted molar refractivity (Wildman–Crippen MR) is 187 cm³/mol. The van der Waals surface area contributed by atoms with Crippen molar-refractivity contribution in [1.29, 1.82) is 0 Å². The molecule has 248 valence electrons. The Morgan fingerprint density at radius 3 is 1.96 bits per heavy atom. The van der Waals surface area contributed by atoms with Gasteiger partial charge in [0.05, 0.1) is 17.2 Å². The third-order valence-corrected chi connectivity index (χ3v) is 9.70. The van der Waals surface area contributed by atoms with Gasteiger partial charge in [-0.15, -0.1) is 0 Å². The van der Waals surface area contributed by atoms with Gasteiger partial charge in [-0.3, -0.25) is 13.9 Å². The molecule has 11 heteroatoms. The molecule has 1 unspecified atom stereocenters. The topological polar surface area (TPSA) is 96.0 Å². The number of para-hydroxylation sites is 1. The third kappa shape index (κ3) is 9.50. The number of ether oxygens (including phenoxy) is 1. The Hall–Kier alpha value is -4.05. The summed E-state index contributed by atoms with van der Waals surface area (Å²) in [4.78, 5) is 30.0.